The molecule has 0 aliphatic carbocycles. The molecule has 7 heteroatoms. The number of rotatable bonds is 3. The first-order valence-corrected chi connectivity index (χ1v) is 4.72. The third-order valence-corrected chi connectivity index (χ3v) is 2.14. The number of aromatic nitrogens is 2. The minimum atomic E-state index is -2.85. The van der Waals surface area contributed by atoms with Gasteiger partial charge in [0, 0.05) is 5.56 Å². The van der Waals surface area contributed by atoms with Crippen molar-refractivity contribution in [3.8, 4) is 11.4 Å². The summed E-state index contributed by atoms with van der Waals surface area (Å²) in [5.41, 5.74) is 4.87. The molecule has 0 aliphatic rings. The Morgan fingerprint density at radius 1 is 1.35 bits per heavy atom. The molecule has 0 atom stereocenters. The van der Waals surface area contributed by atoms with Crippen molar-refractivity contribution in [3.05, 3.63) is 35.5 Å². The van der Waals surface area contributed by atoms with Crippen LogP contribution in [-0.4, -0.2) is 10.1 Å². The van der Waals surface area contributed by atoms with Gasteiger partial charge in [-0.1, -0.05) is 11.2 Å². The van der Waals surface area contributed by atoms with E-state index in [2.05, 4.69) is 10.1 Å². The van der Waals surface area contributed by atoms with E-state index in [1.807, 2.05) is 0 Å². The fourth-order valence-electron chi connectivity index (χ4n) is 1.30. The highest BCUT2D eigenvalue weighted by Gasteiger charge is 2.15. The van der Waals surface area contributed by atoms with Gasteiger partial charge in [-0.25, -0.2) is 13.2 Å². The van der Waals surface area contributed by atoms with Crippen molar-refractivity contribution in [3.63, 3.8) is 0 Å². The lowest BCUT2D eigenvalue weighted by molar-refractivity contribution is 0.146. The van der Waals surface area contributed by atoms with E-state index < -0.39 is 17.8 Å². The molecule has 0 unspecified atom stereocenters. The first kappa shape index (κ1) is 11.6. The van der Waals surface area contributed by atoms with Crippen LogP contribution in [0.25, 0.3) is 11.4 Å². The first-order valence-electron chi connectivity index (χ1n) is 4.72. The van der Waals surface area contributed by atoms with Crippen molar-refractivity contribution in [1.82, 2.24) is 10.1 Å². The number of hydrogen-bond acceptors (Lipinski definition) is 4. The molecule has 2 aromatic rings. The van der Waals surface area contributed by atoms with Crippen molar-refractivity contribution >= 4 is 0 Å². The summed E-state index contributed by atoms with van der Waals surface area (Å²) in [6, 6.07) is 3.23. The van der Waals surface area contributed by atoms with Crippen LogP contribution in [0.2, 0.25) is 0 Å². The average molecular weight is 243 g/mol. The smallest absolute Gasteiger partial charge is 0.266 e. The van der Waals surface area contributed by atoms with Gasteiger partial charge < -0.3 is 10.3 Å². The number of alkyl halides is 2. The summed E-state index contributed by atoms with van der Waals surface area (Å²) in [4.78, 5) is 3.86. The van der Waals surface area contributed by atoms with Gasteiger partial charge in [0.2, 0.25) is 11.7 Å². The van der Waals surface area contributed by atoms with Gasteiger partial charge in [0.05, 0.1) is 12.1 Å². The first-order chi connectivity index (χ1) is 8.11. The molecule has 1 aromatic carbocycles. The second-order valence-corrected chi connectivity index (χ2v) is 3.25. The van der Waals surface area contributed by atoms with Gasteiger partial charge in [0.15, 0.2) is 0 Å². The molecule has 2 N–H and O–H groups in total. The second kappa shape index (κ2) is 4.54. The highest BCUT2D eigenvalue weighted by atomic mass is 19.3. The van der Waals surface area contributed by atoms with Gasteiger partial charge in [0.1, 0.15) is 5.82 Å². The summed E-state index contributed by atoms with van der Waals surface area (Å²) in [6.45, 7) is 0.0601. The topological polar surface area (TPSA) is 64.9 Å². The molecule has 1 aromatic heterocycles. The number of benzene rings is 1. The molecule has 0 aliphatic heterocycles. The van der Waals surface area contributed by atoms with Crippen LogP contribution >= 0.6 is 0 Å². The Labute approximate surface area is 94.2 Å². The maximum Gasteiger partial charge on any atom is 0.266 e. The van der Waals surface area contributed by atoms with Gasteiger partial charge >= 0.3 is 0 Å². The molecular weight excluding hydrogens is 235 g/mol. The normalized spacial score (nSPS) is 11.1. The minimum Gasteiger partial charge on any atom is -0.338 e. The Morgan fingerprint density at radius 3 is 2.65 bits per heavy atom. The van der Waals surface area contributed by atoms with E-state index in [1.165, 1.54) is 6.07 Å². The zero-order valence-corrected chi connectivity index (χ0v) is 8.53. The average Bonchev–Trinajstić information content (AvgIpc) is 2.76. The highest BCUT2D eigenvalue weighted by molar-refractivity contribution is 5.55. The van der Waals surface area contributed by atoms with E-state index in [0.717, 1.165) is 12.1 Å². The van der Waals surface area contributed by atoms with Gasteiger partial charge in [-0.15, -0.1) is 0 Å². The second-order valence-electron chi connectivity index (χ2n) is 3.25. The molecule has 0 saturated carbocycles. The zero-order valence-electron chi connectivity index (χ0n) is 8.53. The Balaban J connectivity index is 2.37. The van der Waals surface area contributed by atoms with Crippen LogP contribution in [0.15, 0.2) is 22.7 Å². The number of hydrogen-bond donors (Lipinski definition) is 1. The van der Waals surface area contributed by atoms with Crippen molar-refractivity contribution in [2.45, 2.75) is 13.0 Å². The number of nitrogens with two attached hydrogens (primary N) is 1. The van der Waals surface area contributed by atoms with Crippen LogP contribution in [0, 0.1) is 5.82 Å². The number of nitrogens with zero attached hydrogens (tertiary/aromatic N) is 2. The lowest BCUT2D eigenvalue weighted by Gasteiger charge is -2.02. The summed E-state index contributed by atoms with van der Waals surface area (Å²) >= 11 is 0. The van der Waals surface area contributed by atoms with E-state index in [-0.39, 0.29) is 23.8 Å². The fraction of sp³-hybridized carbons (Fsp3) is 0.200. The maximum absolute atomic E-state index is 13.3. The Kier molecular flexibility index (Phi) is 3.10. The molecular formula is C10H8F3N3O. The van der Waals surface area contributed by atoms with Gasteiger partial charge in [-0.05, 0) is 12.1 Å². The molecule has 17 heavy (non-hydrogen) atoms. The minimum absolute atomic E-state index is 0.0601. The Bertz CT molecular complexity index is 527. The SMILES string of the molecule is NCc1nc(-c2ccc(C(F)F)c(F)c2)no1. The van der Waals surface area contributed by atoms with Crippen LogP contribution < -0.4 is 5.73 Å². The maximum atomic E-state index is 13.3. The number of halogens is 3. The van der Waals surface area contributed by atoms with Crippen molar-refractivity contribution in [1.29, 1.82) is 0 Å². The van der Waals surface area contributed by atoms with Crippen LogP contribution in [0.1, 0.15) is 17.9 Å². The van der Waals surface area contributed by atoms with Crippen LogP contribution in [-0.2, 0) is 6.54 Å². The van der Waals surface area contributed by atoms with Gasteiger partial charge in [-0.3, -0.25) is 0 Å². The molecule has 0 fully saturated rings. The largest absolute Gasteiger partial charge is 0.338 e. The zero-order chi connectivity index (χ0) is 12.4. The van der Waals surface area contributed by atoms with Gasteiger partial charge in [0.25, 0.3) is 6.43 Å². The van der Waals surface area contributed by atoms with Crippen molar-refractivity contribution in [2.24, 2.45) is 5.73 Å². The van der Waals surface area contributed by atoms with Crippen molar-refractivity contribution in [2.75, 3.05) is 0 Å². The summed E-state index contributed by atoms with van der Waals surface area (Å²) in [6.07, 6.45) is -2.85. The van der Waals surface area contributed by atoms with E-state index in [9.17, 15) is 13.2 Å². The predicted molar refractivity (Wildman–Crippen MR) is 52.5 cm³/mol. The van der Waals surface area contributed by atoms with Crippen LogP contribution in [0.4, 0.5) is 13.2 Å². The molecule has 1 heterocycles. The molecule has 90 valence electrons. The fourth-order valence-corrected chi connectivity index (χ4v) is 1.30. The van der Waals surface area contributed by atoms with E-state index >= 15 is 0 Å². The molecule has 0 radical (unpaired) electrons. The third-order valence-electron chi connectivity index (χ3n) is 2.14. The van der Waals surface area contributed by atoms with E-state index in [0.29, 0.717) is 0 Å². The van der Waals surface area contributed by atoms with Gasteiger partial charge in [-0.2, -0.15) is 4.98 Å². The summed E-state index contributed by atoms with van der Waals surface area (Å²) in [7, 11) is 0. The molecule has 0 bridgehead atoms. The standard InChI is InChI=1S/C10H8F3N3O/c11-7-3-5(1-2-6(7)9(12)13)10-15-8(4-14)17-16-10/h1-3,9H,4,14H2. The molecule has 0 saturated heterocycles. The van der Waals surface area contributed by atoms with E-state index in [4.69, 9.17) is 10.3 Å². The quantitative estimate of drug-likeness (QED) is 0.898. The Hall–Kier alpha value is -1.89. The summed E-state index contributed by atoms with van der Waals surface area (Å²) in [5, 5.41) is 3.55. The Morgan fingerprint density at radius 2 is 2.12 bits per heavy atom. The highest BCUT2D eigenvalue weighted by Crippen LogP contribution is 2.25. The molecule has 0 amide bonds. The molecule has 0 spiro atoms. The lowest BCUT2D eigenvalue weighted by Crippen LogP contribution is -1.96. The molecule has 4 nitrogen and oxygen atoms in total. The predicted octanol–water partition coefficient (Wildman–Crippen LogP) is 2.27. The third kappa shape index (κ3) is 2.28. The van der Waals surface area contributed by atoms with Crippen molar-refractivity contribution < 1.29 is 17.7 Å². The summed E-state index contributed by atoms with van der Waals surface area (Å²) < 4.78 is 42.6. The van der Waals surface area contributed by atoms with E-state index in [1.54, 1.807) is 0 Å². The lowest BCUT2D eigenvalue weighted by atomic mass is 10.1. The monoisotopic (exact) mass is 243 g/mol. The van der Waals surface area contributed by atoms with Crippen LogP contribution in [0.5, 0.6) is 0 Å². The molecule has 2 rings (SSSR count). The van der Waals surface area contributed by atoms with Crippen LogP contribution in [0.3, 0.4) is 0 Å². The summed E-state index contributed by atoms with van der Waals surface area (Å²) in [5.74, 6) is -0.694.